The van der Waals surface area contributed by atoms with Crippen molar-refractivity contribution in [3.63, 3.8) is 0 Å². The highest BCUT2D eigenvalue weighted by Crippen LogP contribution is 2.18. The summed E-state index contributed by atoms with van der Waals surface area (Å²) in [4.78, 5) is 21.2. The van der Waals surface area contributed by atoms with Crippen LogP contribution in [0.4, 0.5) is 5.82 Å². The SMILES string of the molecule is Cc1ncsc1CNC(C)c1nc(N)c2[nH]cnc2n1. The number of aromatic nitrogens is 5. The van der Waals surface area contributed by atoms with Crippen LogP contribution in [-0.2, 0) is 6.54 Å². The highest BCUT2D eigenvalue weighted by atomic mass is 32.1. The third-order valence-corrected chi connectivity index (χ3v) is 4.07. The molecule has 20 heavy (non-hydrogen) atoms. The van der Waals surface area contributed by atoms with Crippen LogP contribution in [0.2, 0.25) is 0 Å². The summed E-state index contributed by atoms with van der Waals surface area (Å²) in [5, 5.41) is 3.38. The fraction of sp³-hybridized carbons (Fsp3) is 0.333. The lowest BCUT2D eigenvalue weighted by Gasteiger charge is -2.12. The maximum atomic E-state index is 5.90. The molecule has 0 saturated carbocycles. The fourth-order valence-electron chi connectivity index (χ4n) is 1.90. The van der Waals surface area contributed by atoms with E-state index in [0.717, 1.165) is 12.2 Å². The van der Waals surface area contributed by atoms with Crippen LogP contribution in [0.25, 0.3) is 11.2 Å². The number of nitrogens with one attached hydrogen (secondary N) is 2. The summed E-state index contributed by atoms with van der Waals surface area (Å²) in [6, 6.07) is -0.0140. The predicted molar refractivity (Wildman–Crippen MR) is 78.2 cm³/mol. The molecule has 8 heteroatoms. The summed E-state index contributed by atoms with van der Waals surface area (Å²) in [7, 11) is 0. The molecule has 7 nitrogen and oxygen atoms in total. The van der Waals surface area contributed by atoms with E-state index in [2.05, 4.69) is 30.2 Å². The zero-order valence-corrected chi connectivity index (χ0v) is 12.0. The van der Waals surface area contributed by atoms with Crippen molar-refractivity contribution in [1.82, 2.24) is 30.2 Å². The van der Waals surface area contributed by atoms with Gasteiger partial charge in [0.2, 0.25) is 0 Å². The second-order valence-corrected chi connectivity index (χ2v) is 5.47. The summed E-state index contributed by atoms with van der Waals surface area (Å²) >= 11 is 1.64. The molecule has 0 aliphatic heterocycles. The number of imidazole rings is 1. The van der Waals surface area contributed by atoms with Crippen LogP contribution < -0.4 is 11.1 Å². The van der Waals surface area contributed by atoms with Crippen molar-refractivity contribution >= 4 is 28.3 Å². The lowest BCUT2D eigenvalue weighted by Crippen LogP contribution is -2.20. The maximum Gasteiger partial charge on any atom is 0.183 e. The van der Waals surface area contributed by atoms with E-state index in [0.29, 0.717) is 22.8 Å². The lowest BCUT2D eigenvalue weighted by molar-refractivity contribution is 0.550. The number of thiazole rings is 1. The number of hydrogen-bond acceptors (Lipinski definition) is 7. The molecule has 3 heterocycles. The molecule has 104 valence electrons. The molecule has 1 unspecified atom stereocenters. The van der Waals surface area contributed by atoms with Crippen LogP contribution >= 0.6 is 11.3 Å². The van der Waals surface area contributed by atoms with Gasteiger partial charge in [-0.05, 0) is 13.8 Å². The number of fused-ring (bicyclic) bond motifs is 1. The van der Waals surface area contributed by atoms with Crippen LogP contribution in [0.1, 0.15) is 29.4 Å². The van der Waals surface area contributed by atoms with E-state index >= 15 is 0 Å². The molecule has 0 aliphatic carbocycles. The monoisotopic (exact) mass is 289 g/mol. The normalized spacial score (nSPS) is 12.9. The average molecular weight is 289 g/mol. The quantitative estimate of drug-likeness (QED) is 0.673. The van der Waals surface area contributed by atoms with Gasteiger partial charge in [-0.1, -0.05) is 0 Å². The van der Waals surface area contributed by atoms with Gasteiger partial charge in [0, 0.05) is 11.4 Å². The standard InChI is InChI=1S/C12H15N7S/c1-6-8(20-5-17-6)3-14-7(2)11-18-10(13)9-12(19-11)16-4-15-9/h4-5,7,14H,3H2,1-2H3,(H3,13,15,16,18,19). The van der Waals surface area contributed by atoms with E-state index in [4.69, 9.17) is 5.73 Å². The second-order valence-electron chi connectivity index (χ2n) is 4.53. The number of H-pyrrole nitrogens is 1. The van der Waals surface area contributed by atoms with Crippen LogP contribution in [-0.4, -0.2) is 24.9 Å². The molecule has 0 fully saturated rings. The Labute approximate surface area is 119 Å². The highest BCUT2D eigenvalue weighted by molar-refractivity contribution is 7.09. The minimum absolute atomic E-state index is 0.0140. The Balaban J connectivity index is 1.78. The first-order valence-corrected chi connectivity index (χ1v) is 7.12. The highest BCUT2D eigenvalue weighted by Gasteiger charge is 2.13. The van der Waals surface area contributed by atoms with Gasteiger partial charge in [-0.15, -0.1) is 11.3 Å². The number of aromatic amines is 1. The molecule has 3 aromatic rings. The van der Waals surface area contributed by atoms with E-state index in [1.165, 1.54) is 4.88 Å². The van der Waals surface area contributed by atoms with Gasteiger partial charge in [0.15, 0.2) is 11.5 Å². The van der Waals surface area contributed by atoms with E-state index in [9.17, 15) is 0 Å². The number of aryl methyl sites for hydroxylation is 1. The number of hydrogen-bond donors (Lipinski definition) is 3. The smallest absolute Gasteiger partial charge is 0.183 e. The number of anilines is 1. The molecule has 3 rings (SSSR count). The van der Waals surface area contributed by atoms with Crippen molar-refractivity contribution < 1.29 is 0 Å². The number of nitrogens with two attached hydrogens (primary N) is 1. The van der Waals surface area contributed by atoms with Crippen molar-refractivity contribution in [2.24, 2.45) is 0 Å². The topological polar surface area (TPSA) is 105 Å². The summed E-state index contributed by atoms with van der Waals surface area (Å²) in [5.41, 5.74) is 10.1. The molecule has 0 aromatic carbocycles. The summed E-state index contributed by atoms with van der Waals surface area (Å²) in [6.45, 7) is 4.74. The van der Waals surface area contributed by atoms with Crippen molar-refractivity contribution in [2.75, 3.05) is 5.73 Å². The van der Waals surface area contributed by atoms with Crippen molar-refractivity contribution in [3.8, 4) is 0 Å². The van der Waals surface area contributed by atoms with E-state index in [1.54, 1.807) is 17.7 Å². The Bertz CT molecular complexity index is 732. The molecule has 0 spiro atoms. The van der Waals surface area contributed by atoms with Gasteiger partial charge in [-0.3, -0.25) is 0 Å². The van der Waals surface area contributed by atoms with Gasteiger partial charge in [-0.2, -0.15) is 0 Å². The van der Waals surface area contributed by atoms with E-state index < -0.39 is 0 Å². The molecule has 3 aromatic heterocycles. The van der Waals surface area contributed by atoms with Gasteiger partial charge in [0.05, 0.1) is 23.6 Å². The Morgan fingerprint density at radius 1 is 1.40 bits per heavy atom. The van der Waals surface area contributed by atoms with Crippen LogP contribution in [0.5, 0.6) is 0 Å². The second kappa shape index (κ2) is 5.14. The Hall–Kier alpha value is -2.06. The largest absolute Gasteiger partial charge is 0.382 e. The molecule has 0 radical (unpaired) electrons. The third kappa shape index (κ3) is 2.35. The first-order valence-electron chi connectivity index (χ1n) is 6.24. The van der Waals surface area contributed by atoms with Crippen molar-refractivity contribution in [1.29, 1.82) is 0 Å². The Kier molecular flexibility index (Phi) is 3.33. The van der Waals surface area contributed by atoms with Gasteiger partial charge in [0.25, 0.3) is 0 Å². The number of nitrogen functional groups attached to an aromatic ring is 1. The van der Waals surface area contributed by atoms with Gasteiger partial charge in [0.1, 0.15) is 11.3 Å². The minimum atomic E-state index is -0.0140. The van der Waals surface area contributed by atoms with Crippen molar-refractivity contribution in [2.45, 2.75) is 26.4 Å². The number of rotatable bonds is 4. The minimum Gasteiger partial charge on any atom is -0.382 e. The summed E-state index contributed by atoms with van der Waals surface area (Å²) < 4.78 is 0. The molecule has 4 N–H and O–H groups in total. The molecular weight excluding hydrogens is 274 g/mol. The average Bonchev–Trinajstić information content (AvgIpc) is 3.05. The van der Waals surface area contributed by atoms with E-state index in [1.807, 2.05) is 19.4 Å². The van der Waals surface area contributed by atoms with Gasteiger partial charge in [-0.25, -0.2) is 19.9 Å². The first-order chi connectivity index (χ1) is 9.65. The van der Waals surface area contributed by atoms with Gasteiger partial charge < -0.3 is 16.0 Å². The molecule has 0 saturated heterocycles. The number of nitrogens with zero attached hydrogens (tertiary/aromatic N) is 4. The van der Waals surface area contributed by atoms with Crippen molar-refractivity contribution in [3.05, 3.63) is 28.2 Å². The predicted octanol–water partition coefficient (Wildman–Crippen LogP) is 1.55. The zero-order chi connectivity index (χ0) is 14.1. The fourth-order valence-corrected chi connectivity index (χ4v) is 2.63. The molecule has 1 atom stereocenters. The molecule has 0 aliphatic rings. The molecular formula is C12H15N7S. The lowest BCUT2D eigenvalue weighted by atomic mass is 10.3. The maximum absolute atomic E-state index is 5.90. The molecule has 0 amide bonds. The van der Waals surface area contributed by atoms with Crippen LogP contribution in [0.15, 0.2) is 11.8 Å². The first kappa shape index (κ1) is 12.9. The Morgan fingerprint density at radius 2 is 2.25 bits per heavy atom. The van der Waals surface area contributed by atoms with Crippen LogP contribution in [0, 0.1) is 6.92 Å². The molecule has 0 bridgehead atoms. The third-order valence-electron chi connectivity index (χ3n) is 3.13. The van der Waals surface area contributed by atoms with Gasteiger partial charge >= 0.3 is 0 Å². The summed E-state index contributed by atoms with van der Waals surface area (Å²) in [6.07, 6.45) is 1.57. The summed E-state index contributed by atoms with van der Waals surface area (Å²) in [5.74, 6) is 1.06. The Morgan fingerprint density at radius 3 is 3.00 bits per heavy atom. The van der Waals surface area contributed by atoms with E-state index in [-0.39, 0.29) is 6.04 Å². The van der Waals surface area contributed by atoms with Crippen LogP contribution in [0.3, 0.4) is 0 Å². The zero-order valence-electron chi connectivity index (χ0n) is 11.2.